The molecular formula is C12H15N3O5S. The highest BCUT2D eigenvalue weighted by Gasteiger charge is 2.53. The number of aliphatic hydroxyl groups excluding tert-OH is 2. The molecule has 2 aromatic rings. The van der Waals surface area contributed by atoms with E-state index in [2.05, 4.69) is 9.97 Å². The van der Waals surface area contributed by atoms with Crippen LogP contribution in [0.15, 0.2) is 10.2 Å². The predicted molar refractivity (Wildman–Crippen MR) is 76.0 cm³/mol. The van der Waals surface area contributed by atoms with Gasteiger partial charge in [0.15, 0.2) is 0 Å². The lowest BCUT2D eigenvalue weighted by atomic mass is 9.92. The Kier molecular flexibility index (Phi) is 3.26. The van der Waals surface area contributed by atoms with E-state index < -0.39 is 30.5 Å². The molecule has 0 spiro atoms. The number of anilines is 1. The van der Waals surface area contributed by atoms with Crippen LogP contribution in [0.5, 0.6) is 0 Å². The van der Waals surface area contributed by atoms with Gasteiger partial charge in [0.1, 0.15) is 23.9 Å². The molecule has 1 fully saturated rings. The number of ether oxygens (including phenoxy) is 1. The van der Waals surface area contributed by atoms with Crippen LogP contribution < -0.4 is 11.3 Å². The first-order valence-corrected chi connectivity index (χ1v) is 7.18. The highest BCUT2D eigenvalue weighted by atomic mass is 32.1. The van der Waals surface area contributed by atoms with E-state index in [9.17, 15) is 20.1 Å². The molecule has 3 heterocycles. The molecule has 0 bridgehead atoms. The van der Waals surface area contributed by atoms with Gasteiger partial charge in [0.25, 0.3) is 5.56 Å². The third kappa shape index (κ3) is 2.05. The lowest BCUT2D eigenvalue weighted by Gasteiger charge is -2.25. The van der Waals surface area contributed by atoms with E-state index in [1.807, 2.05) is 0 Å². The van der Waals surface area contributed by atoms with Gasteiger partial charge >= 0.3 is 0 Å². The zero-order valence-electron chi connectivity index (χ0n) is 11.1. The minimum absolute atomic E-state index is 0.0379. The van der Waals surface area contributed by atoms with E-state index in [4.69, 9.17) is 10.5 Å². The highest BCUT2D eigenvalue weighted by molar-refractivity contribution is 7.11. The van der Waals surface area contributed by atoms with Gasteiger partial charge in [0, 0.05) is 5.38 Å². The molecule has 0 unspecified atom stereocenters. The Bertz CT molecular complexity index is 740. The van der Waals surface area contributed by atoms with Crippen LogP contribution in [0.4, 0.5) is 5.95 Å². The Hall–Kier alpha value is -1.52. The summed E-state index contributed by atoms with van der Waals surface area (Å²) < 4.78 is 5.54. The molecule has 0 saturated carbocycles. The number of nitrogen functional groups attached to an aromatic ring is 1. The molecule has 1 aliphatic rings. The number of aromatic nitrogens is 2. The van der Waals surface area contributed by atoms with Crippen molar-refractivity contribution in [2.75, 3.05) is 12.3 Å². The number of aromatic amines is 1. The van der Waals surface area contributed by atoms with E-state index in [1.165, 1.54) is 18.3 Å². The molecule has 0 aliphatic carbocycles. The Labute approximate surface area is 122 Å². The van der Waals surface area contributed by atoms with Crippen LogP contribution in [-0.2, 0) is 4.74 Å². The van der Waals surface area contributed by atoms with E-state index in [0.717, 1.165) is 0 Å². The quantitative estimate of drug-likeness (QED) is 0.484. The number of nitrogens with zero attached hydrogens (tertiary/aromatic N) is 1. The van der Waals surface area contributed by atoms with Crippen molar-refractivity contribution in [3.8, 4) is 0 Å². The predicted octanol–water partition coefficient (Wildman–Crippen LogP) is -0.889. The number of H-pyrrole nitrogens is 1. The molecular weight excluding hydrogens is 298 g/mol. The maximum absolute atomic E-state index is 11.8. The van der Waals surface area contributed by atoms with Gasteiger partial charge in [-0.05, 0) is 6.92 Å². The van der Waals surface area contributed by atoms with Crippen molar-refractivity contribution in [1.82, 2.24) is 9.97 Å². The molecule has 1 saturated heterocycles. The summed E-state index contributed by atoms with van der Waals surface area (Å²) in [6.07, 6.45) is -3.05. The monoisotopic (exact) mass is 313 g/mol. The van der Waals surface area contributed by atoms with Gasteiger partial charge < -0.3 is 25.8 Å². The zero-order chi connectivity index (χ0) is 15.4. The number of nitrogens with one attached hydrogen (secondary N) is 1. The van der Waals surface area contributed by atoms with Crippen molar-refractivity contribution < 1.29 is 20.1 Å². The van der Waals surface area contributed by atoms with Crippen LogP contribution in [0.25, 0.3) is 10.9 Å². The summed E-state index contributed by atoms with van der Waals surface area (Å²) in [5, 5.41) is 31.6. The van der Waals surface area contributed by atoms with Crippen LogP contribution in [0.3, 0.4) is 0 Å². The smallest absolute Gasteiger partial charge is 0.261 e. The summed E-state index contributed by atoms with van der Waals surface area (Å²) in [5.41, 5.74) is 3.89. The lowest BCUT2D eigenvalue weighted by molar-refractivity contribution is -0.0630. The fourth-order valence-electron chi connectivity index (χ4n) is 2.55. The number of aliphatic hydroxyl groups is 3. The number of hydrogen-bond acceptors (Lipinski definition) is 8. The fraction of sp³-hybridized carbons (Fsp3) is 0.500. The Morgan fingerprint density at radius 1 is 1.62 bits per heavy atom. The Morgan fingerprint density at radius 2 is 2.33 bits per heavy atom. The van der Waals surface area contributed by atoms with Gasteiger partial charge in [0.2, 0.25) is 5.95 Å². The molecule has 21 heavy (non-hydrogen) atoms. The van der Waals surface area contributed by atoms with Crippen molar-refractivity contribution in [2.24, 2.45) is 0 Å². The van der Waals surface area contributed by atoms with E-state index >= 15 is 0 Å². The molecule has 0 amide bonds. The van der Waals surface area contributed by atoms with Gasteiger partial charge in [-0.3, -0.25) is 9.78 Å². The van der Waals surface area contributed by atoms with Crippen LogP contribution >= 0.6 is 11.3 Å². The van der Waals surface area contributed by atoms with Crippen LogP contribution in [0.1, 0.15) is 17.9 Å². The first-order chi connectivity index (χ1) is 9.86. The average molecular weight is 313 g/mol. The maximum Gasteiger partial charge on any atom is 0.261 e. The van der Waals surface area contributed by atoms with Crippen LogP contribution in [0.2, 0.25) is 0 Å². The summed E-state index contributed by atoms with van der Waals surface area (Å²) in [6.45, 7) is 0.993. The van der Waals surface area contributed by atoms with Gasteiger partial charge in [-0.15, -0.1) is 11.3 Å². The zero-order valence-corrected chi connectivity index (χ0v) is 11.9. The largest absolute Gasteiger partial charge is 0.394 e. The Balaban J connectivity index is 2.15. The standard InChI is InChI=1S/C12H15N3O5S/c1-12(19)8(17)5(2-16)20-9(12)7-6-4(3-21-7)10(18)15-11(13)14-6/h3,5,8-9,16-17,19H,2H2,1H3,(H3,13,14,15,18)/t5-,8-,9+,12-/m1/s1. The molecule has 8 nitrogen and oxygen atoms in total. The minimum Gasteiger partial charge on any atom is -0.394 e. The molecule has 2 aromatic heterocycles. The number of hydrogen-bond donors (Lipinski definition) is 5. The molecule has 1 aliphatic heterocycles. The van der Waals surface area contributed by atoms with Crippen molar-refractivity contribution in [3.63, 3.8) is 0 Å². The summed E-state index contributed by atoms with van der Waals surface area (Å²) in [6, 6.07) is 0. The topological polar surface area (TPSA) is 142 Å². The van der Waals surface area contributed by atoms with Crippen molar-refractivity contribution in [2.45, 2.75) is 30.8 Å². The number of rotatable bonds is 2. The first-order valence-electron chi connectivity index (χ1n) is 6.30. The van der Waals surface area contributed by atoms with E-state index in [0.29, 0.717) is 15.8 Å². The van der Waals surface area contributed by atoms with Gasteiger partial charge in [-0.2, -0.15) is 0 Å². The summed E-state index contributed by atoms with van der Waals surface area (Å²) in [4.78, 5) is 18.8. The van der Waals surface area contributed by atoms with Gasteiger partial charge in [-0.25, -0.2) is 4.98 Å². The minimum atomic E-state index is -1.61. The normalized spacial score (nSPS) is 32.9. The molecule has 3 rings (SSSR count). The number of thiophene rings is 1. The number of nitrogens with two attached hydrogens (primary N) is 1. The van der Waals surface area contributed by atoms with Gasteiger partial charge in [-0.1, -0.05) is 0 Å². The average Bonchev–Trinajstić information content (AvgIpc) is 2.91. The molecule has 114 valence electrons. The van der Waals surface area contributed by atoms with E-state index in [1.54, 1.807) is 5.38 Å². The lowest BCUT2D eigenvalue weighted by Crippen LogP contribution is -2.42. The summed E-state index contributed by atoms with van der Waals surface area (Å²) in [5.74, 6) is -0.0379. The summed E-state index contributed by atoms with van der Waals surface area (Å²) >= 11 is 1.18. The van der Waals surface area contributed by atoms with Gasteiger partial charge in [0.05, 0.1) is 22.4 Å². The fourth-order valence-corrected chi connectivity index (χ4v) is 3.70. The third-order valence-electron chi connectivity index (χ3n) is 3.72. The summed E-state index contributed by atoms with van der Waals surface area (Å²) in [7, 11) is 0. The van der Waals surface area contributed by atoms with Crippen molar-refractivity contribution in [1.29, 1.82) is 0 Å². The van der Waals surface area contributed by atoms with Crippen molar-refractivity contribution >= 4 is 28.2 Å². The highest BCUT2D eigenvalue weighted by Crippen LogP contribution is 2.45. The maximum atomic E-state index is 11.8. The second-order valence-electron chi connectivity index (χ2n) is 5.22. The molecule has 6 N–H and O–H groups in total. The van der Waals surface area contributed by atoms with Crippen LogP contribution in [0, 0.1) is 0 Å². The SMILES string of the molecule is C[C@@]1(O)[C@H](O)[C@@H](CO)O[C@H]1c1scc2c(=O)[nH]c(N)nc12. The van der Waals surface area contributed by atoms with Crippen molar-refractivity contribution in [3.05, 3.63) is 20.6 Å². The molecule has 4 atom stereocenters. The first kappa shape index (κ1) is 14.4. The number of fused-ring (bicyclic) bond motifs is 1. The second-order valence-corrected chi connectivity index (χ2v) is 6.13. The second kappa shape index (κ2) is 4.75. The Morgan fingerprint density at radius 3 is 2.95 bits per heavy atom. The van der Waals surface area contributed by atoms with Crippen LogP contribution in [-0.4, -0.2) is 49.7 Å². The molecule has 9 heteroatoms. The molecule has 0 radical (unpaired) electrons. The molecule has 0 aromatic carbocycles. The third-order valence-corrected chi connectivity index (χ3v) is 4.74. The van der Waals surface area contributed by atoms with E-state index in [-0.39, 0.29) is 11.5 Å².